The summed E-state index contributed by atoms with van der Waals surface area (Å²) in [6.45, 7) is 0. The highest BCUT2D eigenvalue weighted by molar-refractivity contribution is 7.86. The summed E-state index contributed by atoms with van der Waals surface area (Å²) in [7, 11) is -2.75. The molecule has 0 fully saturated rings. The molecule has 0 spiro atoms. The van der Waals surface area contributed by atoms with Crippen LogP contribution in [-0.4, -0.2) is 21.5 Å². The Hall–Kier alpha value is -2.41. The summed E-state index contributed by atoms with van der Waals surface area (Å²) in [5.41, 5.74) is 0.435. The molecule has 0 saturated heterocycles. The van der Waals surface area contributed by atoms with E-state index in [1.807, 2.05) is 0 Å². The second kappa shape index (κ2) is 6.57. The van der Waals surface area contributed by atoms with Crippen molar-refractivity contribution in [3.8, 4) is 5.75 Å². The van der Waals surface area contributed by atoms with Crippen LogP contribution in [0.4, 0.5) is 4.39 Å². The highest BCUT2D eigenvalue weighted by atomic mass is 32.2. The van der Waals surface area contributed by atoms with Crippen molar-refractivity contribution in [2.75, 3.05) is 7.11 Å². The number of esters is 1. The molecule has 0 saturated carbocycles. The number of methoxy groups -OCH3 is 1. The van der Waals surface area contributed by atoms with Crippen LogP contribution in [0.15, 0.2) is 48.5 Å². The van der Waals surface area contributed by atoms with Crippen molar-refractivity contribution in [1.82, 2.24) is 0 Å². The van der Waals surface area contributed by atoms with Crippen LogP contribution >= 0.6 is 0 Å². The van der Waals surface area contributed by atoms with Gasteiger partial charge < -0.3 is 8.92 Å². The average Bonchev–Trinajstić information content (AvgIpc) is 2.45. The van der Waals surface area contributed by atoms with Crippen molar-refractivity contribution < 1.29 is 26.5 Å². The summed E-state index contributed by atoms with van der Waals surface area (Å²) in [5, 5.41) is 0. The van der Waals surface area contributed by atoms with Gasteiger partial charge >= 0.3 is 16.1 Å². The first kappa shape index (κ1) is 16.0. The molecule has 0 atom stereocenters. The van der Waals surface area contributed by atoms with E-state index >= 15 is 0 Å². The number of halogens is 1. The van der Waals surface area contributed by atoms with Crippen molar-refractivity contribution in [2.45, 2.75) is 5.75 Å². The maximum Gasteiger partial charge on any atom is 0.337 e. The van der Waals surface area contributed by atoms with Crippen LogP contribution in [0.5, 0.6) is 5.75 Å². The van der Waals surface area contributed by atoms with Gasteiger partial charge in [-0.1, -0.05) is 18.2 Å². The molecule has 116 valence electrons. The molecule has 0 bridgehead atoms. The number of carbonyl (C=O) groups excluding carboxylic acids is 1. The lowest BCUT2D eigenvalue weighted by molar-refractivity contribution is 0.0600. The third-order valence-corrected chi connectivity index (χ3v) is 3.84. The van der Waals surface area contributed by atoms with E-state index in [9.17, 15) is 17.6 Å². The van der Waals surface area contributed by atoms with E-state index in [4.69, 9.17) is 4.18 Å². The van der Waals surface area contributed by atoms with Gasteiger partial charge in [-0.3, -0.25) is 0 Å². The highest BCUT2D eigenvalue weighted by Gasteiger charge is 2.16. The Labute approximate surface area is 127 Å². The number of benzene rings is 2. The van der Waals surface area contributed by atoms with Crippen LogP contribution in [0, 0.1) is 5.82 Å². The molecule has 0 radical (unpaired) electrons. The van der Waals surface area contributed by atoms with Gasteiger partial charge in [0.2, 0.25) is 0 Å². The number of hydrogen-bond acceptors (Lipinski definition) is 5. The van der Waals surface area contributed by atoms with Crippen molar-refractivity contribution in [3.63, 3.8) is 0 Å². The van der Waals surface area contributed by atoms with E-state index in [2.05, 4.69) is 4.74 Å². The van der Waals surface area contributed by atoms with E-state index in [1.165, 1.54) is 49.6 Å². The van der Waals surface area contributed by atoms with Crippen LogP contribution in [0.3, 0.4) is 0 Å². The molecule has 5 nitrogen and oxygen atoms in total. The van der Waals surface area contributed by atoms with Gasteiger partial charge in [0.25, 0.3) is 0 Å². The quantitative estimate of drug-likeness (QED) is 0.624. The van der Waals surface area contributed by atoms with E-state index in [0.29, 0.717) is 0 Å². The van der Waals surface area contributed by atoms with Crippen molar-refractivity contribution in [1.29, 1.82) is 0 Å². The molecule has 0 N–H and O–H groups in total. The fraction of sp³-hybridized carbons (Fsp3) is 0.133. The fourth-order valence-corrected chi connectivity index (χ4v) is 2.84. The van der Waals surface area contributed by atoms with E-state index in [1.54, 1.807) is 0 Å². The molecule has 7 heteroatoms. The Morgan fingerprint density at radius 1 is 1.14 bits per heavy atom. The van der Waals surface area contributed by atoms with Crippen molar-refractivity contribution >= 4 is 16.1 Å². The lowest BCUT2D eigenvalue weighted by atomic mass is 10.2. The second-order valence-corrected chi connectivity index (χ2v) is 6.01. The Kier molecular flexibility index (Phi) is 4.77. The van der Waals surface area contributed by atoms with Gasteiger partial charge in [-0.2, -0.15) is 8.42 Å². The van der Waals surface area contributed by atoms with E-state index < -0.39 is 27.7 Å². The second-order valence-electron chi connectivity index (χ2n) is 4.43. The topological polar surface area (TPSA) is 69.7 Å². The number of carbonyl (C=O) groups is 1. The molecule has 22 heavy (non-hydrogen) atoms. The number of rotatable bonds is 5. The van der Waals surface area contributed by atoms with Crippen molar-refractivity contribution in [2.24, 2.45) is 0 Å². The van der Waals surface area contributed by atoms with Gasteiger partial charge in [0.1, 0.15) is 17.3 Å². The van der Waals surface area contributed by atoms with E-state index in [0.717, 1.165) is 6.07 Å². The molecule has 0 aromatic heterocycles. The van der Waals surface area contributed by atoms with Crippen LogP contribution in [-0.2, 0) is 20.6 Å². The van der Waals surface area contributed by atoms with Crippen LogP contribution in [0.25, 0.3) is 0 Å². The van der Waals surface area contributed by atoms with Gasteiger partial charge in [-0.15, -0.1) is 0 Å². The SMILES string of the molecule is COC(=O)c1cccc(OS(=O)(=O)Cc2cccc(F)c2)c1. The molecular weight excluding hydrogens is 311 g/mol. The van der Waals surface area contributed by atoms with Gasteiger partial charge in [0.05, 0.1) is 12.7 Å². The first-order chi connectivity index (χ1) is 10.4. The largest absolute Gasteiger partial charge is 0.465 e. The monoisotopic (exact) mass is 324 g/mol. The molecule has 0 aliphatic heterocycles. The molecule has 0 heterocycles. The molecule has 2 aromatic rings. The average molecular weight is 324 g/mol. The number of hydrogen-bond donors (Lipinski definition) is 0. The molecule has 0 amide bonds. The van der Waals surface area contributed by atoms with Gasteiger partial charge in [0.15, 0.2) is 0 Å². The Morgan fingerprint density at radius 3 is 2.55 bits per heavy atom. The zero-order valence-corrected chi connectivity index (χ0v) is 12.5. The van der Waals surface area contributed by atoms with Crippen LogP contribution in [0.1, 0.15) is 15.9 Å². The minimum atomic E-state index is -3.97. The Morgan fingerprint density at radius 2 is 1.86 bits per heavy atom. The minimum Gasteiger partial charge on any atom is -0.465 e. The van der Waals surface area contributed by atoms with Crippen LogP contribution in [0.2, 0.25) is 0 Å². The first-order valence-electron chi connectivity index (χ1n) is 6.24. The Bertz CT molecular complexity index is 786. The molecule has 0 unspecified atom stereocenters. The summed E-state index contributed by atoms with van der Waals surface area (Å²) < 4.78 is 46.5. The van der Waals surface area contributed by atoms with Crippen molar-refractivity contribution in [3.05, 3.63) is 65.5 Å². The third kappa shape index (κ3) is 4.29. The smallest absolute Gasteiger partial charge is 0.337 e. The molecule has 2 aromatic carbocycles. The fourth-order valence-electron chi connectivity index (χ4n) is 1.80. The zero-order valence-electron chi connectivity index (χ0n) is 11.7. The maximum atomic E-state index is 13.1. The lowest BCUT2D eigenvalue weighted by Crippen LogP contribution is -2.12. The van der Waals surface area contributed by atoms with E-state index in [-0.39, 0.29) is 16.9 Å². The highest BCUT2D eigenvalue weighted by Crippen LogP contribution is 2.18. The lowest BCUT2D eigenvalue weighted by Gasteiger charge is -2.08. The first-order valence-corrected chi connectivity index (χ1v) is 7.82. The van der Waals surface area contributed by atoms with Gasteiger partial charge in [0, 0.05) is 0 Å². The standard InChI is InChI=1S/C15H13FO5S/c1-20-15(17)12-5-3-7-14(9-12)21-22(18,19)10-11-4-2-6-13(16)8-11/h2-9H,10H2,1H3. The van der Waals surface area contributed by atoms with Crippen LogP contribution < -0.4 is 4.18 Å². The Balaban J connectivity index is 2.17. The summed E-state index contributed by atoms with van der Waals surface area (Å²) in [6, 6.07) is 10.8. The molecule has 0 aliphatic rings. The summed E-state index contributed by atoms with van der Waals surface area (Å²) >= 11 is 0. The summed E-state index contributed by atoms with van der Waals surface area (Å²) in [4.78, 5) is 11.4. The predicted molar refractivity (Wildman–Crippen MR) is 77.4 cm³/mol. The molecular formula is C15H13FO5S. The summed E-state index contributed by atoms with van der Waals surface area (Å²) in [5.74, 6) is -1.62. The molecule has 2 rings (SSSR count). The maximum absolute atomic E-state index is 13.1. The zero-order chi connectivity index (χ0) is 16.2. The van der Waals surface area contributed by atoms with Gasteiger partial charge in [-0.05, 0) is 35.9 Å². The molecule has 0 aliphatic carbocycles. The summed E-state index contributed by atoms with van der Waals surface area (Å²) in [6.07, 6.45) is 0. The van der Waals surface area contributed by atoms with Gasteiger partial charge in [-0.25, -0.2) is 9.18 Å². The predicted octanol–water partition coefficient (Wildman–Crippen LogP) is 2.52. The minimum absolute atomic E-state index is 0.0145. The third-order valence-electron chi connectivity index (χ3n) is 2.71. The normalized spacial score (nSPS) is 11.0. The number of ether oxygens (including phenoxy) is 1.